The van der Waals surface area contributed by atoms with Crippen LogP contribution in [0.5, 0.6) is 0 Å². The van der Waals surface area contributed by atoms with Gasteiger partial charge in [-0.15, -0.1) is 0 Å². The van der Waals surface area contributed by atoms with E-state index in [-0.39, 0.29) is 11.2 Å². The summed E-state index contributed by atoms with van der Waals surface area (Å²) in [7, 11) is 0. The van der Waals surface area contributed by atoms with Crippen molar-refractivity contribution in [3.8, 4) is 0 Å². The highest BCUT2D eigenvalue weighted by molar-refractivity contribution is 7.80. The van der Waals surface area contributed by atoms with E-state index >= 15 is 0 Å². The topological polar surface area (TPSA) is 6.48 Å². The Kier molecular flexibility index (Phi) is 5.55. The van der Waals surface area contributed by atoms with Crippen molar-refractivity contribution < 1.29 is 4.39 Å². The Balaban J connectivity index is 1.90. The highest BCUT2D eigenvalue weighted by atomic mass is 32.1. The maximum Gasteiger partial charge on any atom is 0.146 e. The number of nitrogens with zero attached hydrogens (tertiary/aromatic N) is 2. The van der Waals surface area contributed by atoms with Crippen LogP contribution >= 0.6 is 12.6 Å². The van der Waals surface area contributed by atoms with Gasteiger partial charge >= 0.3 is 0 Å². The lowest BCUT2D eigenvalue weighted by atomic mass is 9.81. The lowest BCUT2D eigenvalue weighted by Gasteiger charge is -2.40. The van der Waals surface area contributed by atoms with Crippen LogP contribution < -0.4 is 4.90 Å². The summed E-state index contributed by atoms with van der Waals surface area (Å²) in [4.78, 5) is 4.64. The average Bonchev–Trinajstić information content (AvgIpc) is 2.45. The van der Waals surface area contributed by atoms with Gasteiger partial charge in [0.25, 0.3) is 0 Å². The van der Waals surface area contributed by atoms with E-state index in [9.17, 15) is 4.39 Å². The number of anilines is 1. The molecule has 0 amide bonds. The zero-order chi connectivity index (χ0) is 15.5. The minimum atomic E-state index is -0.117. The Morgan fingerprint density at radius 1 is 1.14 bits per heavy atom. The van der Waals surface area contributed by atoms with E-state index in [0.29, 0.717) is 5.92 Å². The molecule has 1 fully saturated rings. The van der Waals surface area contributed by atoms with Gasteiger partial charge in [-0.05, 0) is 29.2 Å². The fourth-order valence-corrected chi connectivity index (χ4v) is 3.46. The molecule has 0 saturated carbocycles. The van der Waals surface area contributed by atoms with Gasteiger partial charge in [0.15, 0.2) is 0 Å². The molecule has 1 aliphatic heterocycles. The monoisotopic (exact) mass is 310 g/mol. The fraction of sp³-hybridized carbons (Fsp3) is 0.647. The molecule has 1 aromatic carbocycles. The number of halogens is 1. The van der Waals surface area contributed by atoms with Crippen molar-refractivity contribution in [1.82, 2.24) is 4.90 Å². The molecule has 0 spiro atoms. The first-order chi connectivity index (χ1) is 9.91. The molecule has 1 saturated heterocycles. The summed E-state index contributed by atoms with van der Waals surface area (Å²) in [5, 5.41) is 0. The minimum absolute atomic E-state index is 0.117. The highest BCUT2D eigenvalue weighted by Gasteiger charge is 2.27. The maximum atomic E-state index is 13.8. The molecule has 2 rings (SSSR count). The first kappa shape index (κ1) is 16.6. The van der Waals surface area contributed by atoms with Crippen molar-refractivity contribution in [1.29, 1.82) is 0 Å². The molecule has 21 heavy (non-hydrogen) atoms. The minimum Gasteiger partial charge on any atom is -0.367 e. The molecule has 0 aromatic heterocycles. The van der Waals surface area contributed by atoms with Crippen molar-refractivity contribution in [2.75, 3.05) is 43.4 Å². The van der Waals surface area contributed by atoms with Gasteiger partial charge in [-0.2, -0.15) is 12.6 Å². The third kappa shape index (κ3) is 4.36. The van der Waals surface area contributed by atoms with E-state index in [2.05, 4.69) is 43.2 Å². The van der Waals surface area contributed by atoms with Crippen LogP contribution in [0.2, 0.25) is 0 Å². The van der Waals surface area contributed by atoms with E-state index in [1.807, 2.05) is 12.1 Å². The average molecular weight is 310 g/mol. The number of benzene rings is 1. The standard InChI is InChI=1S/C17H27FN2S/c1-17(2,3)14(13-21)12-19-8-10-20(11-9-19)16-7-5-4-6-15(16)18/h4-7,14,21H,8-13H2,1-3H3. The first-order valence-electron chi connectivity index (χ1n) is 7.74. The summed E-state index contributed by atoms with van der Waals surface area (Å²) in [5.74, 6) is 1.38. The predicted octanol–water partition coefficient (Wildman–Crippen LogP) is 3.54. The summed E-state index contributed by atoms with van der Waals surface area (Å²) < 4.78 is 13.8. The molecular formula is C17H27FN2S. The molecule has 1 aromatic rings. The van der Waals surface area contributed by atoms with E-state index in [0.717, 1.165) is 44.2 Å². The fourth-order valence-electron chi connectivity index (χ4n) is 2.80. The maximum absolute atomic E-state index is 13.8. The van der Waals surface area contributed by atoms with Crippen LogP contribution in [0.1, 0.15) is 20.8 Å². The van der Waals surface area contributed by atoms with E-state index in [1.54, 1.807) is 6.07 Å². The highest BCUT2D eigenvalue weighted by Crippen LogP contribution is 2.28. The Bertz CT molecular complexity index is 450. The van der Waals surface area contributed by atoms with Gasteiger partial charge in [-0.1, -0.05) is 32.9 Å². The van der Waals surface area contributed by atoms with Crippen molar-refractivity contribution in [3.05, 3.63) is 30.1 Å². The van der Waals surface area contributed by atoms with Crippen LogP contribution in [0.15, 0.2) is 24.3 Å². The van der Waals surface area contributed by atoms with Crippen LogP contribution in [0.3, 0.4) is 0 Å². The molecule has 0 N–H and O–H groups in total. The van der Waals surface area contributed by atoms with Crippen LogP contribution in [-0.2, 0) is 0 Å². The third-order valence-electron chi connectivity index (χ3n) is 4.49. The second-order valence-electron chi connectivity index (χ2n) is 6.98. The van der Waals surface area contributed by atoms with E-state index in [4.69, 9.17) is 0 Å². The zero-order valence-corrected chi connectivity index (χ0v) is 14.2. The second-order valence-corrected chi connectivity index (χ2v) is 7.35. The van der Waals surface area contributed by atoms with Crippen molar-refractivity contribution >= 4 is 18.3 Å². The van der Waals surface area contributed by atoms with Gasteiger partial charge < -0.3 is 4.90 Å². The Morgan fingerprint density at radius 2 is 1.76 bits per heavy atom. The molecule has 0 radical (unpaired) electrons. The lowest BCUT2D eigenvalue weighted by Crippen LogP contribution is -2.49. The normalized spacial score (nSPS) is 18.8. The summed E-state index contributed by atoms with van der Waals surface area (Å²) >= 11 is 4.51. The molecule has 1 heterocycles. The molecule has 4 heteroatoms. The van der Waals surface area contributed by atoms with Gasteiger partial charge in [-0.3, -0.25) is 4.90 Å². The van der Waals surface area contributed by atoms with Crippen LogP contribution in [0, 0.1) is 17.2 Å². The summed E-state index contributed by atoms with van der Waals surface area (Å²) in [5.41, 5.74) is 1.02. The SMILES string of the molecule is CC(C)(C)C(CS)CN1CCN(c2ccccc2F)CC1. The predicted molar refractivity (Wildman–Crippen MR) is 91.9 cm³/mol. The number of piperazine rings is 1. The summed E-state index contributed by atoms with van der Waals surface area (Å²) in [6, 6.07) is 7.06. The smallest absolute Gasteiger partial charge is 0.146 e. The van der Waals surface area contributed by atoms with Gasteiger partial charge in [0.2, 0.25) is 0 Å². The zero-order valence-electron chi connectivity index (χ0n) is 13.3. The molecule has 1 aliphatic rings. The molecule has 118 valence electrons. The van der Waals surface area contributed by atoms with Gasteiger partial charge in [0, 0.05) is 32.7 Å². The van der Waals surface area contributed by atoms with E-state index in [1.165, 1.54) is 6.07 Å². The lowest BCUT2D eigenvalue weighted by molar-refractivity contribution is 0.158. The Morgan fingerprint density at radius 3 is 2.29 bits per heavy atom. The molecule has 0 bridgehead atoms. The number of hydrogen-bond acceptors (Lipinski definition) is 3. The third-order valence-corrected chi connectivity index (χ3v) is 4.93. The number of para-hydroxylation sites is 1. The molecule has 0 aliphatic carbocycles. The summed E-state index contributed by atoms with van der Waals surface area (Å²) in [6.45, 7) is 11.7. The quantitative estimate of drug-likeness (QED) is 0.850. The first-order valence-corrected chi connectivity index (χ1v) is 8.37. The van der Waals surface area contributed by atoms with Crippen LogP contribution in [0.4, 0.5) is 10.1 Å². The van der Waals surface area contributed by atoms with Crippen molar-refractivity contribution in [3.63, 3.8) is 0 Å². The van der Waals surface area contributed by atoms with Gasteiger partial charge in [0.05, 0.1) is 5.69 Å². The van der Waals surface area contributed by atoms with Crippen molar-refractivity contribution in [2.24, 2.45) is 11.3 Å². The molecule has 1 unspecified atom stereocenters. The number of thiol groups is 1. The molecular weight excluding hydrogens is 283 g/mol. The summed E-state index contributed by atoms with van der Waals surface area (Å²) in [6.07, 6.45) is 0. The number of hydrogen-bond donors (Lipinski definition) is 1. The van der Waals surface area contributed by atoms with Gasteiger partial charge in [-0.25, -0.2) is 4.39 Å². The van der Waals surface area contributed by atoms with Crippen LogP contribution in [0.25, 0.3) is 0 Å². The Labute approximate surface area is 133 Å². The second kappa shape index (κ2) is 7.01. The molecule has 1 atom stereocenters. The largest absolute Gasteiger partial charge is 0.367 e. The molecule has 2 nitrogen and oxygen atoms in total. The number of rotatable bonds is 4. The van der Waals surface area contributed by atoms with Gasteiger partial charge in [0.1, 0.15) is 5.82 Å². The van der Waals surface area contributed by atoms with Crippen LogP contribution in [-0.4, -0.2) is 43.4 Å². The Hall–Kier alpha value is -0.740. The van der Waals surface area contributed by atoms with E-state index < -0.39 is 0 Å². The van der Waals surface area contributed by atoms with Crippen molar-refractivity contribution in [2.45, 2.75) is 20.8 Å².